The number of pyridine rings is 1. The van der Waals surface area contributed by atoms with Crippen LogP contribution in [0, 0.1) is 0 Å². The maximum absolute atomic E-state index is 4.17. The number of hydrogen-bond acceptors (Lipinski definition) is 2. The van der Waals surface area contributed by atoms with Crippen molar-refractivity contribution >= 4 is 11.2 Å². The molecule has 0 saturated heterocycles. The first-order valence-corrected chi connectivity index (χ1v) is 5.37. The summed E-state index contributed by atoms with van der Waals surface area (Å²) in [4.78, 5) is 11.4. The lowest BCUT2D eigenvalue weighted by Crippen LogP contribution is -2.11. The maximum Gasteiger partial charge on any atom is 0.177 e. The Morgan fingerprint density at radius 2 is 1.80 bits per heavy atom. The van der Waals surface area contributed by atoms with Crippen LogP contribution < -0.4 is 0 Å². The van der Waals surface area contributed by atoms with Crippen LogP contribution in [0.1, 0.15) is 40.2 Å². The maximum atomic E-state index is 4.17. The van der Waals surface area contributed by atoms with Gasteiger partial charge in [0.25, 0.3) is 0 Å². The second-order valence-corrected chi connectivity index (χ2v) is 4.21. The highest BCUT2D eigenvalue weighted by molar-refractivity contribution is 5.75. The van der Waals surface area contributed by atoms with Gasteiger partial charge in [-0.25, -0.2) is 9.97 Å². The second-order valence-electron chi connectivity index (χ2n) is 4.21. The zero-order valence-electron chi connectivity index (χ0n) is 10.1. The summed E-state index contributed by atoms with van der Waals surface area (Å²) in [5, 5.41) is 0. The van der Waals surface area contributed by atoms with Crippen molar-refractivity contribution in [1.29, 1.82) is 0 Å². The average molecular weight is 205 g/mol. The molecule has 0 amide bonds. The summed E-state index contributed by atoms with van der Waals surface area (Å²) >= 11 is 0. The summed E-state index contributed by atoms with van der Waals surface area (Å²) in [6.07, 6.45) is 3.50. The summed E-state index contributed by atoms with van der Waals surface area (Å²) in [7, 11) is 0. The monoisotopic (exact) mass is 205 g/mol. The summed E-state index contributed by atoms with van der Waals surface area (Å²) in [5.74, 6) is 0. The van der Waals surface area contributed by atoms with E-state index in [2.05, 4.69) is 35.7 Å². The van der Waals surface area contributed by atoms with E-state index in [0.717, 1.165) is 11.2 Å². The van der Waals surface area contributed by atoms with E-state index in [4.69, 9.17) is 0 Å². The summed E-state index contributed by atoms with van der Waals surface area (Å²) in [5.41, 5.74) is 3.24. The quantitative estimate of drug-likeness (QED) is 0.717. The molecule has 0 aliphatic rings. The molecule has 0 saturated carbocycles. The van der Waals surface area contributed by atoms with E-state index in [-0.39, 0.29) is 5.41 Å². The molecular weight excluding hydrogens is 186 g/mol. The molecule has 0 bridgehead atoms. The van der Waals surface area contributed by atoms with Gasteiger partial charge in [0.15, 0.2) is 5.65 Å². The summed E-state index contributed by atoms with van der Waals surface area (Å²) in [6.45, 7) is 10.5. The number of H-pyrrole nitrogens is 1. The van der Waals surface area contributed by atoms with Gasteiger partial charge in [-0.15, -0.1) is 0 Å². The van der Waals surface area contributed by atoms with Gasteiger partial charge in [-0.05, 0) is 17.0 Å². The number of fused-ring (bicyclic) bond motifs is 1. The normalized spacial score (nSPS) is 11.0. The van der Waals surface area contributed by atoms with Crippen LogP contribution in [-0.4, -0.2) is 15.0 Å². The SMILES string of the molecule is CC.CC(C)(C)c1ccnc2nc[nH]c12. The molecule has 1 N–H and O–H groups in total. The molecule has 15 heavy (non-hydrogen) atoms. The molecule has 2 aromatic rings. The van der Waals surface area contributed by atoms with Gasteiger partial charge in [-0.2, -0.15) is 0 Å². The lowest BCUT2D eigenvalue weighted by molar-refractivity contribution is 0.594. The molecular formula is C12H19N3. The average Bonchev–Trinajstić information content (AvgIpc) is 2.66. The minimum absolute atomic E-state index is 0.133. The summed E-state index contributed by atoms with van der Waals surface area (Å²) in [6, 6.07) is 2.04. The Labute approximate surface area is 91.0 Å². The Morgan fingerprint density at radius 3 is 2.40 bits per heavy atom. The van der Waals surface area contributed by atoms with Crippen LogP contribution in [-0.2, 0) is 5.41 Å². The topological polar surface area (TPSA) is 41.6 Å². The van der Waals surface area contributed by atoms with Gasteiger partial charge >= 0.3 is 0 Å². The Morgan fingerprint density at radius 1 is 1.13 bits per heavy atom. The molecule has 0 radical (unpaired) electrons. The zero-order valence-corrected chi connectivity index (χ0v) is 10.1. The van der Waals surface area contributed by atoms with Crippen molar-refractivity contribution in [2.24, 2.45) is 0 Å². The molecule has 82 valence electrons. The number of aromatic nitrogens is 3. The highest BCUT2D eigenvalue weighted by Crippen LogP contribution is 2.26. The van der Waals surface area contributed by atoms with Gasteiger partial charge in [-0.1, -0.05) is 34.6 Å². The van der Waals surface area contributed by atoms with Gasteiger partial charge in [0.05, 0.1) is 11.8 Å². The van der Waals surface area contributed by atoms with E-state index >= 15 is 0 Å². The van der Waals surface area contributed by atoms with Crippen molar-refractivity contribution < 1.29 is 0 Å². The number of imidazole rings is 1. The van der Waals surface area contributed by atoms with Crippen LogP contribution >= 0.6 is 0 Å². The number of aromatic amines is 1. The molecule has 0 unspecified atom stereocenters. The minimum Gasteiger partial charge on any atom is -0.343 e. The number of nitrogens with zero attached hydrogens (tertiary/aromatic N) is 2. The van der Waals surface area contributed by atoms with E-state index < -0.39 is 0 Å². The molecule has 3 nitrogen and oxygen atoms in total. The Bertz CT molecular complexity index is 424. The van der Waals surface area contributed by atoms with E-state index in [1.165, 1.54) is 5.56 Å². The summed E-state index contributed by atoms with van der Waals surface area (Å²) < 4.78 is 0. The molecule has 0 aliphatic carbocycles. The molecule has 2 aromatic heterocycles. The highest BCUT2D eigenvalue weighted by atomic mass is 14.9. The van der Waals surface area contributed by atoms with Crippen LogP contribution in [0.4, 0.5) is 0 Å². The fourth-order valence-corrected chi connectivity index (χ4v) is 1.47. The van der Waals surface area contributed by atoms with Crippen molar-refractivity contribution in [3.8, 4) is 0 Å². The van der Waals surface area contributed by atoms with Crippen LogP contribution in [0.2, 0.25) is 0 Å². The second kappa shape index (κ2) is 4.43. The van der Waals surface area contributed by atoms with Gasteiger partial charge < -0.3 is 4.98 Å². The first kappa shape index (κ1) is 11.7. The smallest absolute Gasteiger partial charge is 0.177 e. The van der Waals surface area contributed by atoms with Gasteiger partial charge in [0, 0.05) is 6.20 Å². The fourth-order valence-electron chi connectivity index (χ4n) is 1.47. The Kier molecular flexibility index (Phi) is 3.45. The fraction of sp³-hybridized carbons (Fsp3) is 0.500. The largest absolute Gasteiger partial charge is 0.343 e. The third-order valence-corrected chi connectivity index (χ3v) is 2.13. The van der Waals surface area contributed by atoms with Gasteiger partial charge in [0.2, 0.25) is 0 Å². The van der Waals surface area contributed by atoms with Gasteiger partial charge in [-0.3, -0.25) is 0 Å². The van der Waals surface area contributed by atoms with Crippen LogP contribution in [0.15, 0.2) is 18.6 Å². The third-order valence-electron chi connectivity index (χ3n) is 2.13. The van der Waals surface area contributed by atoms with E-state index in [9.17, 15) is 0 Å². The Hall–Kier alpha value is -1.38. The van der Waals surface area contributed by atoms with E-state index in [0.29, 0.717) is 0 Å². The molecule has 0 aliphatic heterocycles. The van der Waals surface area contributed by atoms with Crippen LogP contribution in [0.5, 0.6) is 0 Å². The number of rotatable bonds is 0. The zero-order chi connectivity index (χ0) is 11.5. The molecule has 2 rings (SSSR count). The first-order chi connectivity index (χ1) is 7.09. The number of hydrogen-bond donors (Lipinski definition) is 1. The third kappa shape index (κ3) is 2.35. The van der Waals surface area contributed by atoms with Crippen LogP contribution in [0.25, 0.3) is 11.2 Å². The van der Waals surface area contributed by atoms with Gasteiger partial charge in [0.1, 0.15) is 0 Å². The molecule has 0 aromatic carbocycles. The molecule has 2 heterocycles. The van der Waals surface area contributed by atoms with Crippen molar-refractivity contribution in [2.75, 3.05) is 0 Å². The van der Waals surface area contributed by atoms with E-state index in [1.807, 2.05) is 26.1 Å². The van der Waals surface area contributed by atoms with Crippen molar-refractivity contribution in [1.82, 2.24) is 15.0 Å². The van der Waals surface area contributed by atoms with Crippen molar-refractivity contribution in [2.45, 2.75) is 40.0 Å². The lowest BCUT2D eigenvalue weighted by Gasteiger charge is -2.18. The molecule has 3 heteroatoms. The predicted molar refractivity (Wildman–Crippen MR) is 63.9 cm³/mol. The molecule has 0 spiro atoms. The molecule has 0 atom stereocenters. The van der Waals surface area contributed by atoms with Crippen LogP contribution in [0.3, 0.4) is 0 Å². The lowest BCUT2D eigenvalue weighted by atomic mass is 9.87. The van der Waals surface area contributed by atoms with Crippen molar-refractivity contribution in [3.05, 3.63) is 24.2 Å². The Balaban J connectivity index is 0.000000531. The number of nitrogens with one attached hydrogen (secondary N) is 1. The minimum atomic E-state index is 0.133. The molecule has 0 fully saturated rings. The standard InChI is InChI=1S/C10H13N3.C2H6/c1-10(2,3)7-4-5-11-9-8(7)12-6-13-9;1-2/h4-6H,1-3H3,(H,11,12,13);1-2H3. The van der Waals surface area contributed by atoms with E-state index in [1.54, 1.807) is 6.33 Å². The highest BCUT2D eigenvalue weighted by Gasteiger charge is 2.17. The predicted octanol–water partition coefficient (Wildman–Crippen LogP) is 3.28. The van der Waals surface area contributed by atoms with Crippen molar-refractivity contribution in [3.63, 3.8) is 0 Å². The first-order valence-electron chi connectivity index (χ1n) is 5.37.